The molecule has 2 aliphatic carbocycles. The number of hydrogen-bond donors (Lipinski definition) is 1. The van der Waals surface area contributed by atoms with E-state index < -0.39 is 5.60 Å². The number of methoxy groups -OCH3 is 1. The molecular formula is C14H22O2. The molecule has 1 unspecified atom stereocenters. The minimum atomic E-state index is -0.788. The van der Waals surface area contributed by atoms with E-state index in [1.54, 1.807) is 7.11 Å². The molecule has 90 valence electrons. The third-order valence-corrected chi connectivity index (χ3v) is 4.06. The van der Waals surface area contributed by atoms with Gasteiger partial charge in [-0.25, -0.2) is 0 Å². The van der Waals surface area contributed by atoms with Crippen molar-refractivity contribution in [2.45, 2.75) is 50.7 Å². The quantitative estimate of drug-likeness (QED) is 0.778. The SMILES string of the molecule is COC1(C2(O)/C=C\C=C/C(C)(C)CC2)CC1. The second kappa shape index (κ2) is 3.71. The highest BCUT2D eigenvalue weighted by Gasteiger charge is 2.58. The predicted molar refractivity (Wildman–Crippen MR) is 65.2 cm³/mol. The highest BCUT2D eigenvalue weighted by molar-refractivity contribution is 5.24. The van der Waals surface area contributed by atoms with E-state index in [4.69, 9.17) is 4.74 Å². The van der Waals surface area contributed by atoms with Crippen LogP contribution in [-0.2, 0) is 4.74 Å². The molecule has 0 aliphatic heterocycles. The second-order valence-electron chi connectivity index (χ2n) is 5.83. The predicted octanol–water partition coefficient (Wildman–Crippen LogP) is 2.83. The number of aliphatic hydroxyl groups is 1. The van der Waals surface area contributed by atoms with Gasteiger partial charge in [-0.2, -0.15) is 0 Å². The summed E-state index contributed by atoms with van der Waals surface area (Å²) in [6, 6.07) is 0. The minimum absolute atomic E-state index is 0.155. The third-order valence-electron chi connectivity index (χ3n) is 4.06. The Balaban J connectivity index is 2.23. The van der Waals surface area contributed by atoms with E-state index in [2.05, 4.69) is 19.9 Å². The van der Waals surface area contributed by atoms with Crippen LogP contribution < -0.4 is 0 Å². The van der Waals surface area contributed by atoms with Gasteiger partial charge >= 0.3 is 0 Å². The monoisotopic (exact) mass is 222 g/mol. The first kappa shape index (κ1) is 11.9. The lowest BCUT2D eigenvalue weighted by Gasteiger charge is -2.36. The lowest BCUT2D eigenvalue weighted by Crippen LogP contribution is -2.44. The summed E-state index contributed by atoms with van der Waals surface area (Å²) in [4.78, 5) is 0. The molecule has 0 aromatic carbocycles. The van der Waals surface area contributed by atoms with Gasteiger partial charge in [-0.15, -0.1) is 0 Å². The molecule has 1 N–H and O–H groups in total. The Morgan fingerprint density at radius 3 is 2.19 bits per heavy atom. The zero-order valence-corrected chi connectivity index (χ0v) is 10.5. The van der Waals surface area contributed by atoms with Crippen molar-refractivity contribution >= 4 is 0 Å². The molecule has 2 aliphatic rings. The smallest absolute Gasteiger partial charge is 0.112 e. The Kier molecular flexibility index (Phi) is 2.75. The summed E-state index contributed by atoms with van der Waals surface area (Å²) < 4.78 is 5.53. The molecule has 0 aromatic heterocycles. The molecule has 0 bridgehead atoms. The van der Waals surface area contributed by atoms with Crippen LogP contribution in [0.4, 0.5) is 0 Å². The molecule has 0 radical (unpaired) electrons. The largest absolute Gasteiger partial charge is 0.383 e. The summed E-state index contributed by atoms with van der Waals surface area (Å²) in [5.74, 6) is 0. The number of rotatable bonds is 2. The molecule has 0 aromatic rings. The Hall–Kier alpha value is -0.600. The molecule has 0 heterocycles. The van der Waals surface area contributed by atoms with Crippen molar-refractivity contribution in [1.82, 2.24) is 0 Å². The molecule has 1 atom stereocenters. The molecule has 0 saturated heterocycles. The van der Waals surface area contributed by atoms with E-state index in [1.807, 2.05) is 18.2 Å². The maximum absolute atomic E-state index is 10.8. The first-order valence-electron chi connectivity index (χ1n) is 6.08. The van der Waals surface area contributed by atoms with Gasteiger partial charge in [-0.3, -0.25) is 0 Å². The fraction of sp³-hybridized carbons (Fsp3) is 0.714. The van der Waals surface area contributed by atoms with Gasteiger partial charge in [0.1, 0.15) is 11.2 Å². The Labute approximate surface area is 98.0 Å². The van der Waals surface area contributed by atoms with Crippen LogP contribution >= 0.6 is 0 Å². The van der Waals surface area contributed by atoms with E-state index in [9.17, 15) is 5.11 Å². The van der Waals surface area contributed by atoms with Crippen LogP contribution in [0.2, 0.25) is 0 Å². The summed E-state index contributed by atoms with van der Waals surface area (Å²) >= 11 is 0. The normalized spacial score (nSPS) is 39.5. The van der Waals surface area contributed by atoms with Crippen molar-refractivity contribution < 1.29 is 9.84 Å². The van der Waals surface area contributed by atoms with Gasteiger partial charge in [-0.1, -0.05) is 38.2 Å². The zero-order valence-electron chi connectivity index (χ0n) is 10.5. The lowest BCUT2D eigenvalue weighted by atomic mass is 9.78. The van der Waals surface area contributed by atoms with E-state index in [1.165, 1.54) is 0 Å². The van der Waals surface area contributed by atoms with Crippen molar-refractivity contribution in [3.8, 4) is 0 Å². The maximum Gasteiger partial charge on any atom is 0.112 e. The van der Waals surface area contributed by atoms with Gasteiger partial charge in [0.2, 0.25) is 0 Å². The van der Waals surface area contributed by atoms with Crippen molar-refractivity contribution in [3.63, 3.8) is 0 Å². The van der Waals surface area contributed by atoms with Crippen molar-refractivity contribution in [2.24, 2.45) is 5.41 Å². The standard InChI is InChI=1S/C14H22O2/c1-12(2)6-4-5-7-13(15,9-8-12)14(16-3)10-11-14/h4-7,15H,8-11H2,1-3H3/b6-4-,7-5-. The van der Waals surface area contributed by atoms with Crippen LogP contribution in [0.5, 0.6) is 0 Å². The van der Waals surface area contributed by atoms with E-state index >= 15 is 0 Å². The molecule has 1 saturated carbocycles. The molecule has 0 amide bonds. The highest BCUT2D eigenvalue weighted by atomic mass is 16.5. The zero-order chi connectivity index (χ0) is 11.9. The fourth-order valence-corrected chi connectivity index (χ4v) is 2.52. The summed E-state index contributed by atoms with van der Waals surface area (Å²) in [5, 5.41) is 10.8. The van der Waals surface area contributed by atoms with E-state index in [0.29, 0.717) is 0 Å². The van der Waals surface area contributed by atoms with Crippen LogP contribution in [0.1, 0.15) is 39.5 Å². The van der Waals surface area contributed by atoms with Crippen molar-refractivity contribution in [1.29, 1.82) is 0 Å². The summed E-state index contributed by atoms with van der Waals surface area (Å²) in [7, 11) is 1.71. The molecule has 0 spiro atoms. The average Bonchev–Trinajstić information content (AvgIpc) is 3.01. The Morgan fingerprint density at radius 1 is 1.00 bits per heavy atom. The molecule has 2 nitrogen and oxygen atoms in total. The van der Waals surface area contributed by atoms with Gasteiger partial charge in [0.25, 0.3) is 0 Å². The van der Waals surface area contributed by atoms with Crippen LogP contribution in [0.15, 0.2) is 24.3 Å². The minimum Gasteiger partial charge on any atom is -0.383 e. The Bertz CT molecular complexity index is 324. The van der Waals surface area contributed by atoms with Crippen molar-refractivity contribution in [3.05, 3.63) is 24.3 Å². The highest BCUT2D eigenvalue weighted by Crippen LogP contribution is 2.51. The Morgan fingerprint density at radius 2 is 1.62 bits per heavy atom. The number of ether oxygens (including phenoxy) is 1. The maximum atomic E-state index is 10.8. The van der Waals surface area contributed by atoms with Gasteiger partial charge in [0.05, 0.1) is 0 Å². The van der Waals surface area contributed by atoms with Crippen LogP contribution in [0.25, 0.3) is 0 Å². The first-order valence-corrected chi connectivity index (χ1v) is 6.08. The molecule has 2 rings (SSSR count). The summed E-state index contributed by atoms with van der Waals surface area (Å²) in [6.07, 6.45) is 11.8. The number of hydrogen-bond acceptors (Lipinski definition) is 2. The van der Waals surface area contributed by atoms with Crippen LogP contribution in [0, 0.1) is 5.41 Å². The fourth-order valence-electron chi connectivity index (χ4n) is 2.52. The molecule has 16 heavy (non-hydrogen) atoms. The summed E-state index contributed by atoms with van der Waals surface area (Å²) in [5.41, 5.74) is -0.947. The third kappa shape index (κ3) is 1.96. The van der Waals surface area contributed by atoms with Crippen molar-refractivity contribution in [2.75, 3.05) is 7.11 Å². The van der Waals surface area contributed by atoms with Gasteiger partial charge < -0.3 is 9.84 Å². The summed E-state index contributed by atoms with van der Waals surface area (Å²) in [6.45, 7) is 4.41. The average molecular weight is 222 g/mol. The van der Waals surface area contributed by atoms with E-state index in [0.717, 1.165) is 25.7 Å². The molecular weight excluding hydrogens is 200 g/mol. The first-order chi connectivity index (χ1) is 7.43. The van der Waals surface area contributed by atoms with Crippen LogP contribution in [0.3, 0.4) is 0 Å². The second-order valence-corrected chi connectivity index (χ2v) is 5.83. The van der Waals surface area contributed by atoms with Crippen LogP contribution in [-0.4, -0.2) is 23.4 Å². The van der Waals surface area contributed by atoms with E-state index in [-0.39, 0.29) is 11.0 Å². The number of allylic oxidation sites excluding steroid dienone is 3. The van der Waals surface area contributed by atoms with Gasteiger partial charge in [0.15, 0.2) is 0 Å². The van der Waals surface area contributed by atoms with Gasteiger partial charge in [0, 0.05) is 7.11 Å². The molecule has 2 heteroatoms. The molecule has 1 fully saturated rings. The lowest BCUT2D eigenvalue weighted by molar-refractivity contribution is -0.0891. The topological polar surface area (TPSA) is 29.5 Å². The van der Waals surface area contributed by atoms with Gasteiger partial charge in [-0.05, 0) is 31.1 Å².